The summed E-state index contributed by atoms with van der Waals surface area (Å²) in [6.45, 7) is 5.90. The van der Waals surface area contributed by atoms with E-state index >= 15 is 0 Å². The van der Waals surface area contributed by atoms with Crippen molar-refractivity contribution in [2.45, 2.75) is 32.7 Å². The van der Waals surface area contributed by atoms with Crippen molar-refractivity contribution in [2.75, 3.05) is 19.4 Å². The average molecular weight is 242 g/mol. The number of hydrogen-bond donors (Lipinski definition) is 1. The third kappa shape index (κ3) is 3.16. The Hall–Kier alpha value is -1.17. The van der Waals surface area contributed by atoms with Crippen LogP contribution in [-0.4, -0.2) is 40.3 Å². The lowest BCUT2D eigenvalue weighted by Crippen LogP contribution is -2.36. The van der Waals surface area contributed by atoms with Crippen molar-refractivity contribution in [3.63, 3.8) is 0 Å². The Bertz CT molecular complexity index is 361. The third-order valence-corrected chi connectivity index (χ3v) is 2.77. The van der Waals surface area contributed by atoms with Crippen molar-refractivity contribution in [3.8, 4) is 0 Å². The van der Waals surface area contributed by atoms with Gasteiger partial charge < -0.3 is 10.2 Å². The Morgan fingerprint density at radius 2 is 2.00 bits per heavy atom. The van der Waals surface area contributed by atoms with Gasteiger partial charge in [-0.25, -0.2) is 4.98 Å². The predicted octanol–water partition coefficient (Wildman–Crippen LogP) is 1.55. The van der Waals surface area contributed by atoms with E-state index in [-0.39, 0.29) is 11.9 Å². The van der Waals surface area contributed by atoms with Crippen LogP contribution in [0.3, 0.4) is 0 Å². The van der Waals surface area contributed by atoms with Gasteiger partial charge in [-0.05, 0) is 6.92 Å². The summed E-state index contributed by atoms with van der Waals surface area (Å²) >= 11 is 1.29. The first kappa shape index (κ1) is 12.9. The van der Waals surface area contributed by atoms with Crippen LogP contribution < -0.4 is 5.32 Å². The van der Waals surface area contributed by atoms with Crippen LogP contribution >= 0.6 is 11.5 Å². The summed E-state index contributed by atoms with van der Waals surface area (Å²) in [6, 6.07) is -0.275. The minimum Gasteiger partial charge on any atom is -0.349 e. The first-order valence-corrected chi connectivity index (χ1v) is 6.00. The molecule has 0 spiro atoms. The molecule has 0 unspecified atom stereocenters. The highest BCUT2D eigenvalue weighted by Gasteiger charge is 2.16. The van der Waals surface area contributed by atoms with Crippen molar-refractivity contribution in [1.29, 1.82) is 0 Å². The largest absolute Gasteiger partial charge is 0.349 e. The highest BCUT2D eigenvalue weighted by molar-refractivity contribution is 7.09. The van der Waals surface area contributed by atoms with Crippen LogP contribution in [-0.2, 0) is 4.79 Å². The minimum absolute atomic E-state index is 0.0290. The maximum atomic E-state index is 11.6. The second-order valence-electron chi connectivity index (χ2n) is 4.21. The number of carbonyl (C=O) groups excluding carboxylic acids is 1. The van der Waals surface area contributed by atoms with Crippen LogP contribution in [0.2, 0.25) is 0 Å². The third-order valence-electron chi connectivity index (χ3n) is 2.11. The van der Waals surface area contributed by atoms with Crippen LogP contribution in [0.25, 0.3) is 0 Å². The number of amides is 1. The molecule has 0 saturated carbocycles. The SMILES string of the molecule is CC(C)c1nsc(N[C@@H](C)C(=O)N(C)C)n1. The predicted molar refractivity (Wildman–Crippen MR) is 65.8 cm³/mol. The van der Waals surface area contributed by atoms with Gasteiger partial charge in [-0.3, -0.25) is 4.79 Å². The molecular formula is C10H18N4OS. The lowest BCUT2D eigenvalue weighted by Gasteiger charge is -2.16. The van der Waals surface area contributed by atoms with Gasteiger partial charge in [0.2, 0.25) is 11.0 Å². The Labute approximate surface area is 100 Å². The lowest BCUT2D eigenvalue weighted by molar-refractivity contribution is -0.129. The van der Waals surface area contributed by atoms with E-state index in [0.29, 0.717) is 11.0 Å². The smallest absolute Gasteiger partial charge is 0.244 e. The van der Waals surface area contributed by atoms with Crippen molar-refractivity contribution < 1.29 is 4.79 Å². The highest BCUT2D eigenvalue weighted by Crippen LogP contribution is 2.18. The molecule has 0 saturated heterocycles. The van der Waals surface area contributed by atoms with Gasteiger partial charge in [-0.15, -0.1) is 0 Å². The Morgan fingerprint density at radius 1 is 1.38 bits per heavy atom. The molecule has 1 heterocycles. The van der Waals surface area contributed by atoms with E-state index in [1.54, 1.807) is 19.0 Å². The van der Waals surface area contributed by atoms with Gasteiger partial charge in [0.05, 0.1) is 0 Å². The molecule has 0 aliphatic rings. The van der Waals surface area contributed by atoms with Gasteiger partial charge in [0.15, 0.2) is 0 Å². The number of carbonyl (C=O) groups is 1. The summed E-state index contributed by atoms with van der Waals surface area (Å²) in [4.78, 5) is 17.5. The van der Waals surface area contributed by atoms with Crippen LogP contribution in [0.5, 0.6) is 0 Å². The number of anilines is 1. The molecule has 1 N–H and O–H groups in total. The summed E-state index contributed by atoms with van der Waals surface area (Å²) in [5, 5.41) is 3.75. The molecule has 90 valence electrons. The summed E-state index contributed by atoms with van der Waals surface area (Å²) in [6.07, 6.45) is 0. The molecule has 1 atom stereocenters. The topological polar surface area (TPSA) is 58.1 Å². The highest BCUT2D eigenvalue weighted by atomic mass is 32.1. The molecule has 0 radical (unpaired) electrons. The number of nitrogens with one attached hydrogen (secondary N) is 1. The van der Waals surface area contributed by atoms with E-state index in [1.807, 2.05) is 20.8 Å². The molecule has 6 heteroatoms. The van der Waals surface area contributed by atoms with Gasteiger partial charge in [0, 0.05) is 31.5 Å². The van der Waals surface area contributed by atoms with E-state index in [4.69, 9.17) is 0 Å². The average Bonchev–Trinajstić information content (AvgIpc) is 2.64. The molecule has 1 amide bonds. The quantitative estimate of drug-likeness (QED) is 0.870. The van der Waals surface area contributed by atoms with Gasteiger partial charge in [0.25, 0.3) is 0 Å². The summed E-state index contributed by atoms with van der Waals surface area (Å²) in [5.41, 5.74) is 0. The molecule has 0 bridgehead atoms. The summed E-state index contributed by atoms with van der Waals surface area (Å²) in [5.74, 6) is 1.16. The van der Waals surface area contributed by atoms with E-state index in [1.165, 1.54) is 11.5 Å². The molecule has 1 aromatic rings. The Balaban J connectivity index is 2.63. The standard InChI is InChI=1S/C10H18N4OS/c1-6(2)8-12-10(16-13-8)11-7(3)9(15)14(4)5/h6-7H,1-5H3,(H,11,12,13)/t7-/m0/s1. The van der Waals surface area contributed by atoms with Crippen LogP contribution in [0.1, 0.15) is 32.5 Å². The minimum atomic E-state index is -0.275. The zero-order valence-corrected chi connectivity index (χ0v) is 11.1. The molecule has 5 nitrogen and oxygen atoms in total. The first-order chi connectivity index (χ1) is 7.41. The molecule has 16 heavy (non-hydrogen) atoms. The van der Waals surface area contributed by atoms with Crippen molar-refractivity contribution in [2.24, 2.45) is 0 Å². The van der Waals surface area contributed by atoms with E-state index in [9.17, 15) is 4.79 Å². The Morgan fingerprint density at radius 3 is 2.44 bits per heavy atom. The molecule has 0 aromatic carbocycles. The molecular weight excluding hydrogens is 224 g/mol. The molecule has 1 aromatic heterocycles. The number of aromatic nitrogens is 2. The second-order valence-corrected chi connectivity index (χ2v) is 4.96. The van der Waals surface area contributed by atoms with Crippen LogP contribution in [0, 0.1) is 0 Å². The fraction of sp³-hybridized carbons (Fsp3) is 0.700. The monoisotopic (exact) mass is 242 g/mol. The van der Waals surface area contributed by atoms with Gasteiger partial charge >= 0.3 is 0 Å². The number of rotatable bonds is 4. The lowest BCUT2D eigenvalue weighted by atomic mass is 10.2. The van der Waals surface area contributed by atoms with Crippen molar-refractivity contribution in [1.82, 2.24) is 14.3 Å². The molecule has 0 aliphatic carbocycles. The number of likely N-dealkylation sites (N-methyl/N-ethyl adjacent to an activating group) is 1. The van der Waals surface area contributed by atoms with E-state index < -0.39 is 0 Å². The molecule has 0 aliphatic heterocycles. The van der Waals surface area contributed by atoms with Gasteiger partial charge in [-0.1, -0.05) is 13.8 Å². The molecule has 0 fully saturated rings. The zero-order valence-electron chi connectivity index (χ0n) is 10.3. The van der Waals surface area contributed by atoms with Crippen LogP contribution in [0.4, 0.5) is 5.13 Å². The maximum Gasteiger partial charge on any atom is 0.244 e. The second kappa shape index (κ2) is 5.25. The zero-order chi connectivity index (χ0) is 12.3. The number of nitrogens with zero attached hydrogens (tertiary/aromatic N) is 3. The van der Waals surface area contributed by atoms with Crippen LogP contribution in [0.15, 0.2) is 0 Å². The van der Waals surface area contributed by atoms with Gasteiger partial charge in [-0.2, -0.15) is 4.37 Å². The van der Waals surface area contributed by atoms with Crippen molar-refractivity contribution in [3.05, 3.63) is 5.82 Å². The van der Waals surface area contributed by atoms with E-state index in [0.717, 1.165) is 5.82 Å². The van der Waals surface area contributed by atoms with Crippen molar-refractivity contribution >= 4 is 22.6 Å². The van der Waals surface area contributed by atoms with E-state index in [2.05, 4.69) is 14.7 Å². The normalized spacial score (nSPS) is 12.6. The maximum absolute atomic E-state index is 11.6. The van der Waals surface area contributed by atoms with Gasteiger partial charge in [0.1, 0.15) is 11.9 Å². The summed E-state index contributed by atoms with van der Waals surface area (Å²) < 4.78 is 4.22. The fourth-order valence-electron chi connectivity index (χ4n) is 1.16. The first-order valence-electron chi connectivity index (χ1n) is 5.23. The molecule has 1 rings (SSSR count). The summed E-state index contributed by atoms with van der Waals surface area (Å²) in [7, 11) is 3.47. The fourth-order valence-corrected chi connectivity index (χ4v) is 1.96. The Kier molecular flexibility index (Phi) is 4.23. The number of hydrogen-bond acceptors (Lipinski definition) is 5.